The van der Waals surface area contributed by atoms with E-state index >= 15 is 0 Å². The van der Waals surface area contributed by atoms with E-state index in [1.54, 1.807) is 6.92 Å². The number of benzene rings is 4. The molecular formula is C36H44O2. The minimum Gasteiger partial charge on any atom is -0.300 e. The first kappa shape index (κ1) is 32.2. The molecule has 0 fully saturated rings. The van der Waals surface area contributed by atoms with Crippen LogP contribution in [0.1, 0.15) is 79.6 Å². The second kappa shape index (κ2) is 20.3. The zero-order valence-corrected chi connectivity index (χ0v) is 23.8. The predicted octanol–water partition coefficient (Wildman–Crippen LogP) is 9.49. The largest absolute Gasteiger partial charge is 0.300 e. The Kier molecular flexibility index (Phi) is 17.2. The van der Waals surface area contributed by atoms with E-state index in [2.05, 4.69) is 39.8 Å². The number of unbranched alkanes of at least 4 members (excludes halogenated alkanes) is 1. The molecule has 0 unspecified atom stereocenters. The van der Waals surface area contributed by atoms with E-state index in [1.165, 1.54) is 5.56 Å². The van der Waals surface area contributed by atoms with Crippen LogP contribution < -0.4 is 0 Å². The lowest BCUT2D eigenvalue weighted by molar-refractivity contribution is -0.117. The molecule has 0 aromatic heterocycles. The van der Waals surface area contributed by atoms with Crippen molar-refractivity contribution in [2.75, 3.05) is 0 Å². The summed E-state index contributed by atoms with van der Waals surface area (Å²) >= 11 is 0. The van der Waals surface area contributed by atoms with Gasteiger partial charge in [-0.3, -0.25) is 4.79 Å². The number of carbonyl (C=O) groups excluding carboxylic acids is 2. The Morgan fingerprint density at radius 1 is 0.553 bits per heavy atom. The third-order valence-electron chi connectivity index (χ3n) is 5.78. The van der Waals surface area contributed by atoms with Gasteiger partial charge in [-0.05, 0) is 44.2 Å². The van der Waals surface area contributed by atoms with Gasteiger partial charge in [-0.25, -0.2) is 0 Å². The van der Waals surface area contributed by atoms with E-state index in [0.29, 0.717) is 5.78 Å². The van der Waals surface area contributed by atoms with Crippen molar-refractivity contribution in [2.24, 2.45) is 0 Å². The standard InChI is InChI=1S/C17H18O.C7H8.C6H12O.C6H6/c1-3-13-9-5-7-11-15(13)17(18)16-12-8-6-10-14(16)4-2;1-7-5-3-2-4-6-7;1-3-4-5-6(2)7;1-2-4-6-5-3-1/h5-12H,3-4H2,1-2H3;2-6H,1H3;3-5H2,1-2H3;1-6H. The Morgan fingerprint density at radius 2 is 0.921 bits per heavy atom. The maximum Gasteiger partial charge on any atom is 0.193 e. The minimum absolute atomic E-state index is 0.143. The maximum atomic E-state index is 12.6. The molecule has 0 N–H and O–H groups in total. The molecule has 0 aliphatic heterocycles. The van der Waals surface area contributed by atoms with Crippen molar-refractivity contribution in [1.82, 2.24) is 0 Å². The van der Waals surface area contributed by atoms with E-state index < -0.39 is 0 Å². The van der Waals surface area contributed by atoms with E-state index in [-0.39, 0.29) is 5.78 Å². The molecule has 38 heavy (non-hydrogen) atoms. The fourth-order valence-electron chi connectivity index (χ4n) is 3.59. The first-order valence-electron chi connectivity index (χ1n) is 13.7. The molecule has 200 valence electrons. The van der Waals surface area contributed by atoms with Crippen molar-refractivity contribution in [2.45, 2.75) is 66.7 Å². The van der Waals surface area contributed by atoms with Gasteiger partial charge in [-0.1, -0.05) is 148 Å². The topological polar surface area (TPSA) is 34.1 Å². The average molecular weight is 509 g/mol. The summed E-state index contributed by atoms with van der Waals surface area (Å²) in [5.74, 6) is 0.451. The second-order valence-corrected chi connectivity index (χ2v) is 8.97. The lowest BCUT2D eigenvalue weighted by atomic mass is 9.93. The molecule has 0 aliphatic rings. The van der Waals surface area contributed by atoms with E-state index in [9.17, 15) is 9.59 Å². The third kappa shape index (κ3) is 13.5. The molecule has 4 aromatic carbocycles. The lowest BCUT2D eigenvalue weighted by Crippen LogP contribution is -2.07. The van der Waals surface area contributed by atoms with Gasteiger partial charge in [0.25, 0.3) is 0 Å². The molecule has 0 spiro atoms. The van der Waals surface area contributed by atoms with Crippen LogP contribution >= 0.6 is 0 Å². The van der Waals surface area contributed by atoms with Crippen molar-refractivity contribution in [3.05, 3.63) is 143 Å². The van der Waals surface area contributed by atoms with Crippen LogP contribution in [0.5, 0.6) is 0 Å². The maximum absolute atomic E-state index is 12.6. The molecule has 0 amide bonds. The average Bonchev–Trinajstić information content (AvgIpc) is 2.98. The molecule has 0 heterocycles. The van der Waals surface area contributed by atoms with Crippen LogP contribution in [0.2, 0.25) is 0 Å². The fraction of sp³-hybridized carbons (Fsp3) is 0.278. The Labute approximate surface area is 230 Å². The van der Waals surface area contributed by atoms with Crippen molar-refractivity contribution in [3.63, 3.8) is 0 Å². The Balaban J connectivity index is 0.000000296. The molecule has 0 aliphatic carbocycles. The van der Waals surface area contributed by atoms with Gasteiger partial charge in [0, 0.05) is 17.5 Å². The number of hydrogen-bond donors (Lipinski definition) is 0. The van der Waals surface area contributed by atoms with Gasteiger partial charge in [-0.15, -0.1) is 0 Å². The van der Waals surface area contributed by atoms with E-state index in [0.717, 1.165) is 54.4 Å². The van der Waals surface area contributed by atoms with Gasteiger partial charge in [0.15, 0.2) is 5.78 Å². The Morgan fingerprint density at radius 3 is 1.21 bits per heavy atom. The number of hydrogen-bond acceptors (Lipinski definition) is 2. The van der Waals surface area contributed by atoms with E-state index in [1.807, 2.05) is 103 Å². The zero-order valence-electron chi connectivity index (χ0n) is 23.8. The molecule has 2 heteroatoms. The number of carbonyl (C=O) groups is 2. The summed E-state index contributed by atoms with van der Waals surface area (Å²) in [7, 11) is 0. The van der Waals surface area contributed by atoms with Crippen molar-refractivity contribution in [1.29, 1.82) is 0 Å². The highest BCUT2D eigenvalue weighted by Gasteiger charge is 2.14. The summed E-state index contributed by atoms with van der Waals surface area (Å²) < 4.78 is 0. The van der Waals surface area contributed by atoms with Gasteiger partial charge in [-0.2, -0.15) is 0 Å². The van der Waals surface area contributed by atoms with Crippen LogP contribution in [0, 0.1) is 6.92 Å². The zero-order chi connectivity index (χ0) is 28.0. The van der Waals surface area contributed by atoms with Gasteiger partial charge >= 0.3 is 0 Å². The van der Waals surface area contributed by atoms with Crippen LogP contribution in [0.3, 0.4) is 0 Å². The van der Waals surface area contributed by atoms with Crippen molar-refractivity contribution < 1.29 is 9.59 Å². The van der Waals surface area contributed by atoms with Crippen LogP contribution in [-0.4, -0.2) is 11.6 Å². The predicted molar refractivity (Wildman–Crippen MR) is 163 cm³/mol. The molecule has 4 rings (SSSR count). The van der Waals surface area contributed by atoms with Gasteiger partial charge in [0.05, 0.1) is 0 Å². The number of rotatable bonds is 7. The summed E-state index contributed by atoms with van der Waals surface area (Å²) in [6, 6.07) is 38.0. The Bertz CT molecular complexity index is 1090. The molecule has 0 saturated carbocycles. The number of Topliss-reactive ketones (excluding diaryl/α,β-unsaturated/α-hetero) is 1. The molecule has 2 nitrogen and oxygen atoms in total. The summed E-state index contributed by atoms with van der Waals surface area (Å²) in [6.07, 6.45) is 4.71. The summed E-state index contributed by atoms with van der Waals surface area (Å²) in [6.45, 7) is 9.97. The highest BCUT2D eigenvalue weighted by atomic mass is 16.1. The quantitative estimate of drug-likeness (QED) is 0.233. The SMILES string of the molecule is CCCCC(C)=O.CCc1ccccc1C(=O)c1ccccc1CC.Cc1ccccc1.c1ccccc1. The second-order valence-electron chi connectivity index (χ2n) is 8.97. The normalized spacial score (nSPS) is 9.39. The molecule has 0 bridgehead atoms. The van der Waals surface area contributed by atoms with Crippen LogP contribution in [0.4, 0.5) is 0 Å². The molecule has 0 radical (unpaired) electrons. The number of ketones is 2. The van der Waals surface area contributed by atoms with E-state index in [4.69, 9.17) is 0 Å². The van der Waals surface area contributed by atoms with Crippen LogP contribution in [-0.2, 0) is 17.6 Å². The van der Waals surface area contributed by atoms with Crippen molar-refractivity contribution in [3.8, 4) is 0 Å². The van der Waals surface area contributed by atoms with Crippen LogP contribution in [0.25, 0.3) is 0 Å². The first-order chi connectivity index (χ1) is 18.4. The minimum atomic E-state index is 0.143. The van der Waals surface area contributed by atoms with Gasteiger partial charge < -0.3 is 4.79 Å². The van der Waals surface area contributed by atoms with Gasteiger partial charge in [0.2, 0.25) is 0 Å². The summed E-state index contributed by atoms with van der Waals surface area (Å²) in [4.78, 5) is 22.8. The number of aryl methyl sites for hydroxylation is 3. The lowest BCUT2D eigenvalue weighted by Gasteiger charge is -2.09. The smallest absolute Gasteiger partial charge is 0.193 e. The Hall–Kier alpha value is -3.78. The summed E-state index contributed by atoms with van der Waals surface area (Å²) in [5, 5.41) is 0. The van der Waals surface area contributed by atoms with Crippen molar-refractivity contribution >= 4 is 11.6 Å². The fourth-order valence-corrected chi connectivity index (χ4v) is 3.59. The molecule has 4 aromatic rings. The molecular weight excluding hydrogens is 464 g/mol. The monoisotopic (exact) mass is 508 g/mol. The molecule has 0 atom stereocenters. The highest BCUT2D eigenvalue weighted by molar-refractivity contribution is 6.10. The first-order valence-corrected chi connectivity index (χ1v) is 13.7. The third-order valence-corrected chi connectivity index (χ3v) is 5.78. The molecule has 0 saturated heterocycles. The highest BCUT2D eigenvalue weighted by Crippen LogP contribution is 2.18. The van der Waals surface area contributed by atoms with Crippen LogP contribution in [0.15, 0.2) is 115 Å². The van der Waals surface area contributed by atoms with Gasteiger partial charge in [0.1, 0.15) is 5.78 Å². The summed E-state index contributed by atoms with van der Waals surface area (Å²) in [5.41, 5.74) is 5.23.